The first-order chi connectivity index (χ1) is 17.8. The number of benzene rings is 1. The lowest BCUT2D eigenvalue weighted by atomic mass is 9.92. The van der Waals surface area contributed by atoms with Crippen molar-refractivity contribution in [3.8, 4) is 0 Å². The molecular formula is C28H42ClN5O3. The van der Waals surface area contributed by atoms with E-state index in [0.717, 1.165) is 44.2 Å². The van der Waals surface area contributed by atoms with E-state index < -0.39 is 6.04 Å². The van der Waals surface area contributed by atoms with Crippen LogP contribution in [0.25, 0.3) is 0 Å². The third kappa shape index (κ3) is 7.24. The first-order valence-corrected chi connectivity index (χ1v) is 14.3. The number of rotatable bonds is 8. The molecule has 2 aliphatic heterocycles. The summed E-state index contributed by atoms with van der Waals surface area (Å²) in [6, 6.07) is 6.64. The average molecular weight is 532 g/mol. The van der Waals surface area contributed by atoms with Gasteiger partial charge in [0.05, 0.1) is 12.1 Å². The van der Waals surface area contributed by atoms with Crippen molar-refractivity contribution in [2.75, 3.05) is 32.7 Å². The molecule has 3 amide bonds. The Hall–Kier alpha value is -2.16. The second-order valence-corrected chi connectivity index (χ2v) is 11.5. The van der Waals surface area contributed by atoms with Crippen molar-refractivity contribution in [2.24, 2.45) is 5.92 Å². The number of nitrogens with one attached hydrogen (secondary N) is 3. The quantitative estimate of drug-likeness (QED) is 0.479. The van der Waals surface area contributed by atoms with Crippen LogP contribution in [0.1, 0.15) is 57.9 Å². The van der Waals surface area contributed by atoms with Gasteiger partial charge in [-0.2, -0.15) is 0 Å². The summed E-state index contributed by atoms with van der Waals surface area (Å²) in [6.45, 7) is 7.09. The van der Waals surface area contributed by atoms with Gasteiger partial charge in [0.2, 0.25) is 17.7 Å². The van der Waals surface area contributed by atoms with Crippen molar-refractivity contribution in [1.82, 2.24) is 25.8 Å². The Balaban J connectivity index is 1.48. The summed E-state index contributed by atoms with van der Waals surface area (Å²) in [6.07, 6.45) is 6.78. The number of carbonyl (C=O) groups excluding carboxylic acids is 3. The monoisotopic (exact) mass is 531 g/mol. The van der Waals surface area contributed by atoms with Crippen molar-refractivity contribution in [2.45, 2.75) is 83.0 Å². The third-order valence-electron chi connectivity index (χ3n) is 7.91. The predicted molar refractivity (Wildman–Crippen MR) is 145 cm³/mol. The van der Waals surface area contributed by atoms with Crippen LogP contribution in [0.3, 0.4) is 0 Å². The lowest BCUT2D eigenvalue weighted by Gasteiger charge is -2.39. The highest BCUT2D eigenvalue weighted by Gasteiger charge is 2.39. The lowest BCUT2D eigenvalue weighted by molar-refractivity contribution is -0.141. The Morgan fingerprint density at radius 3 is 2.43 bits per heavy atom. The molecule has 3 N–H and O–H groups in total. The van der Waals surface area contributed by atoms with Crippen LogP contribution in [0.2, 0.25) is 5.02 Å². The third-order valence-corrected chi connectivity index (χ3v) is 8.16. The van der Waals surface area contributed by atoms with Crippen LogP contribution in [-0.2, 0) is 20.8 Å². The summed E-state index contributed by atoms with van der Waals surface area (Å²) >= 11 is 6.07. The number of hydrogen-bond donors (Lipinski definition) is 3. The molecule has 4 rings (SSSR count). The van der Waals surface area contributed by atoms with E-state index in [-0.39, 0.29) is 41.8 Å². The molecule has 1 aromatic rings. The second-order valence-electron chi connectivity index (χ2n) is 11.0. The van der Waals surface area contributed by atoms with Gasteiger partial charge in [-0.1, -0.05) is 56.8 Å². The van der Waals surface area contributed by atoms with Crippen molar-refractivity contribution in [3.63, 3.8) is 0 Å². The standard InChI is InChI=1S/C28H42ClN5O3/c1-19(2)27(36)34(22-6-4-3-5-7-22)23-12-15-33(18-23)28(37)24(16-20-8-10-21(29)11-9-20)32-26(35)25-17-30-13-14-31-25/h8-11,19,22-25,30-31H,3-7,12-18H2,1-2H3,(H,32,35). The number of hydrogen-bond acceptors (Lipinski definition) is 5. The number of amides is 3. The normalized spacial score (nSPS) is 23.6. The molecule has 1 aromatic carbocycles. The molecule has 0 aromatic heterocycles. The van der Waals surface area contributed by atoms with Gasteiger partial charge in [0.15, 0.2) is 0 Å². The van der Waals surface area contributed by atoms with E-state index in [4.69, 9.17) is 11.6 Å². The Bertz CT molecular complexity index is 928. The summed E-state index contributed by atoms with van der Waals surface area (Å²) in [5.41, 5.74) is 0.937. The largest absolute Gasteiger partial charge is 0.343 e. The van der Waals surface area contributed by atoms with Gasteiger partial charge in [-0.3, -0.25) is 14.4 Å². The maximum atomic E-state index is 13.8. The van der Waals surface area contributed by atoms with E-state index in [2.05, 4.69) is 20.9 Å². The van der Waals surface area contributed by atoms with Gasteiger partial charge < -0.3 is 25.8 Å². The maximum Gasteiger partial charge on any atom is 0.245 e. The van der Waals surface area contributed by atoms with Crippen LogP contribution >= 0.6 is 11.6 Å². The van der Waals surface area contributed by atoms with Gasteiger partial charge in [-0.25, -0.2) is 0 Å². The fourth-order valence-electron chi connectivity index (χ4n) is 5.87. The van der Waals surface area contributed by atoms with E-state index in [9.17, 15) is 14.4 Å². The zero-order valence-electron chi connectivity index (χ0n) is 22.2. The van der Waals surface area contributed by atoms with E-state index >= 15 is 0 Å². The van der Waals surface area contributed by atoms with Crippen molar-refractivity contribution in [3.05, 3.63) is 34.9 Å². The summed E-state index contributed by atoms with van der Waals surface area (Å²) in [5.74, 6) is -0.141. The number of likely N-dealkylation sites (tertiary alicyclic amines) is 1. The molecular weight excluding hydrogens is 490 g/mol. The molecule has 3 atom stereocenters. The molecule has 2 heterocycles. The van der Waals surface area contributed by atoms with Gasteiger partial charge in [-0.05, 0) is 37.0 Å². The molecule has 1 aliphatic carbocycles. The van der Waals surface area contributed by atoms with Crippen LogP contribution in [0, 0.1) is 5.92 Å². The van der Waals surface area contributed by atoms with E-state index in [1.807, 2.05) is 30.9 Å². The topological polar surface area (TPSA) is 93.8 Å². The Kier molecular flexibility index (Phi) is 9.84. The minimum Gasteiger partial charge on any atom is -0.343 e. The number of piperazine rings is 1. The smallest absolute Gasteiger partial charge is 0.245 e. The zero-order valence-corrected chi connectivity index (χ0v) is 22.9. The molecule has 204 valence electrons. The van der Waals surface area contributed by atoms with Gasteiger partial charge in [0.25, 0.3) is 0 Å². The van der Waals surface area contributed by atoms with Gasteiger partial charge in [-0.15, -0.1) is 0 Å². The highest BCUT2D eigenvalue weighted by Crippen LogP contribution is 2.29. The molecule has 37 heavy (non-hydrogen) atoms. The minimum absolute atomic E-state index is 0.0260. The summed E-state index contributed by atoms with van der Waals surface area (Å²) in [5, 5.41) is 10.1. The number of nitrogens with zero attached hydrogens (tertiary/aromatic N) is 2. The van der Waals surface area contributed by atoms with Crippen molar-refractivity contribution in [1.29, 1.82) is 0 Å². The molecule has 3 fully saturated rings. The lowest BCUT2D eigenvalue weighted by Crippen LogP contribution is -2.59. The highest BCUT2D eigenvalue weighted by molar-refractivity contribution is 6.30. The van der Waals surface area contributed by atoms with Gasteiger partial charge in [0.1, 0.15) is 6.04 Å². The summed E-state index contributed by atoms with van der Waals surface area (Å²) < 4.78 is 0. The van der Waals surface area contributed by atoms with Gasteiger partial charge in [0, 0.05) is 56.1 Å². The molecule has 8 nitrogen and oxygen atoms in total. The van der Waals surface area contributed by atoms with Crippen LogP contribution in [0.4, 0.5) is 0 Å². The summed E-state index contributed by atoms with van der Waals surface area (Å²) in [4.78, 5) is 44.1. The fourth-order valence-corrected chi connectivity index (χ4v) is 6.00. The maximum absolute atomic E-state index is 13.8. The van der Waals surface area contributed by atoms with Gasteiger partial charge >= 0.3 is 0 Å². The minimum atomic E-state index is -0.680. The first-order valence-electron chi connectivity index (χ1n) is 13.9. The molecule has 9 heteroatoms. The molecule has 0 radical (unpaired) electrons. The van der Waals surface area contributed by atoms with Crippen LogP contribution in [-0.4, -0.2) is 84.4 Å². The van der Waals surface area contributed by atoms with Crippen molar-refractivity contribution >= 4 is 29.3 Å². The van der Waals surface area contributed by atoms with E-state index in [0.29, 0.717) is 37.6 Å². The fraction of sp³-hybridized carbons (Fsp3) is 0.679. The molecule has 3 aliphatic rings. The van der Waals surface area contributed by atoms with E-state index in [1.54, 1.807) is 12.1 Å². The predicted octanol–water partition coefficient (Wildman–Crippen LogP) is 2.35. The molecule has 0 spiro atoms. The van der Waals surface area contributed by atoms with Crippen molar-refractivity contribution < 1.29 is 14.4 Å². The Labute approximate surface area is 225 Å². The van der Waals surface area contributed by atoms with Crippen LogP contribution in [0.15, 0.2) is 24.3 Å². The zero-order chi connectivity index (χ0) is 26.4. The summed E-state index contributed by atoms with van der Waals surface area (Å²) in [7, 11) is 0. The van der Waals surface area contributed by atoms with Crippen LogP contribution in [0.5, 0.6) is 0 Å². The second kappa shape index (κ2) is 13.1. The number of halogens is 1. The van der Waals surface area contributed by atoms with E-state index in [1.165, 1.54) is 6.42 Å². The molecule has 2 saturated heterocycles. The highest BCUT2D eigenvalue weighted by atomic mass is 35.5. The molecule has 1 saturated carbocycles. The van der Waals surface area contributed by atoms with Crippen LogP contribution < -0.4 is 16.0 Å². The first kappa shape index (κ1) is 27.9. The molecule has 0 bridgehead atoms. The Morgan fingerprint density at radius 1 is 1.05 bits per heavy atom. The SMILES string of the molecule is CC(C)C(=O)N(C1CCCCC1)C1CCN(C(=O)C(Cc2ccc(Cl)cc2)NC(=O)C2CNCCN2)C1. The Morgan fingerprint density at radius 2 is 1.78 bits per heavy atom. The number of carbonyl (C=O) groups is 3. The molecule has 3 unspecified atom stereocenters. The average Bonchev–Trinajstić information content (AvgIpc) is 3.40.